The molecule has 5 heteroatoms. The summed E-state index contributed by atoms with van der Waals surface area (Å²) in [6.45, 7) is 0.503. The molecule has 0 saturated carbocycles. The number of carbonyl (C=O) groups excluding carboxylic acids is 1. The average molecular weight is 249 g/mol. The molecule has 1 atom stereocenters. The molecule has 1 saturated heterocycles. The fraction of sp³-hybridized carbons (Fsp3) is 0.308. The van der Waals surface area contributed by atoms with Crippen LogP contribution >= 0.6 is 0 Å². The number of alkyl carbamates (subject to hydrolysis) is 1. The molecular formula is C13H15NO4. The second-order valence-electron chi connectivity index (χ2n) is 3.80. The van der Waals surface area contributed by atoms with Gasteiger partial charge in [-0.25, -0.2) is 4.79 Å². The quantitative estimate of drug-likeness (QED) is 0.884. The monoisotopic (exact) mass is 249 g/mol. The minimum Gasteiger partial charge on any atom is -0.493 e. The van der Waals surface area contributed by atoms with Crippen LogP contribution in [0.2, 0.25) is 0 Å². The van der Waals surface area contributed by atoms with Crippen molar-refractivity contribution in [1.82, 2.24) is 5.32 Å². The zero-order valence-electron chi connectivity index (χ0n) is 10.3. The van der Waals surface area contributed by atoms with Gasteiger partial charge >= 0.3 is 6.09 Å². The molecule has 1 unspecified atom stereocenters. The van der Waals surface area contributed by atoms with Crippen LogP contribution in [-0.2, 0) is 4.74 Å². The lowest BCUT2D eigenvalue weighted by atomic mass is 10.1. The summed E-state index contributed by atoms with van der Waals surface area (Å²) >= 11 is 0. The average Bonchev–Trinajstić information content (AvgIpc) is 2.81. The fourth-order valence-corrected chi connectivity index (χ4v) is 1.69. The highest BCUT2D eigenvalue weighted by Crippen LogP contribution is 2.28. The molecule has 1 aliphatic heterocycles. The number of hydrogen-bond donors (Lipinski definition) is 1. The SMILES string of the molecule is COc1ccc(/C=C/C2CNC(=O)O2)cc1OC. The normalized spacial score (nSPS) is 18.6. The van der Waals surface area contributed by atoms with E-state index in [4.69, 9.17) is 14.2 Å². The highest BCUT2D eigenvalue weighted by Gasteiger charge is 2.19. The summed E-state index contributed by atoms with van der Waals surface area (Å²) in [4.78, 5) is 10.8. The van der Waals surface area contributed by atoms with Gasteiger partial charge in [-0.15, -0.1) is 0 Å². The van der Waals surface area contributed by atoms with E-state index in [1.807, 2.05) is 30.4 Å². The molecule has 5 nitrogen and oxygen atoms in total. The first kappa shape index (κ1) is 12.3. The van der Waals surface area contributed by atoms with Gasteiger partial charge in [-0.2, -0.15) is 0 Å². The van der Waals surface area contributed by atoms with Gasteiger partial charge < -0.3 is 19.5 Å². The van der Waals surface area contributed by atoms with E-state index in [1.54, 1.807) is 14.2 Å². The van der Waals surface area contributed by atoms with Crippen LogP contribution in [-0.4, -0.2) is 33.0 Å². The topological polar surface area (TPSA) is 56.8 Å². The van der Waals surface area contributed by atoms with E-state index in [2.05, 4.69) is 5.32 Å². The fourth-order valence-electron chi connectivity index (χ4n) is 1.69. The maximum atomic E-state index is 10.8. The summed E-state index contributed by atoms with van der Waals surface area (Å²) in [5.74, 6) is 1.35. The van der Waals surface area contributed by atoms with Crippen molar-refractivity contribution in [3.63, 3.8) is 0 Å². The molecule has 96 valence electrons. The third-order valence-corrected chi connectivity index (χ3v) is 2.62. The van der Waals surface area contributed by atoms with Crippen LogP contribution in [0, 0.1) is 0 Å². The second kappa shape index (κ2) is 5.44. The molecule has 0 radical (unpaired) electrons. The van der Waals surface area contributed by atoms with Gasteiger partial charge in [0.1, 0.15) is 6.10 Å². The summed E-state index contributed by atoms with van der Waals surface area (Å²) in [5.41, 5.74) is 0.954. The first-order chi connectivity index (χ1) is 8.72. The van der Waals surface area contributed by atoms with E-state index in [9.17, 15) is 4.79 Å². The van der Waals surface area contributed by atoms with E-state index in [-0.39, 0.29) is 12.2 Å². The summed E-state index contributed by atoms with van der Waals surface area (Å²) in [6, 6.07) is 5.60. The third-order valence-electron chi connectivity index (χ3n) is 2.62. The molecule has 1 heterocycles. The van der Waals surface area contributed by atoms with Crippen molar-refractivity contribution in [3.05, 3.63) is 29.8 Å². The number of amides is 1. The van der Waals surface area contributed by atoms with Crippen LogP contribution < -0.4 is 14.8 Å². The van der Waals surface area contributed by atoms with Crippen molar-refractivity contribution in [2.45, 2.75) is 6.10 Å². The van der Waals surface area contributed by atoms with Crippen molar-refractivity contribution in [1.29, 1.82) is 0 Å². The van der Waals surface area contributed by atoms with Gasteiger partial charge in [0, 0.05) is 0 Å². The van der Waals surface area contributed by atoms with Crippen LogP contribution in [0.5, 0.6) is 11.5 Å². The lowest BCUT2D eigenvalue weighted by Crippen LogP contribution is -2.13. The van der Waals surface area contributed by atoms with E-state index in [0.717, 1.165) is 5.56 Å². The predicted octanol–water partition coefficient (Wildman–Crippen LogP) is 1.83. The molecule has 1 aromatic carbocycles. The summed E-state index contributed by atoms with van der Waals surface area (Å²) < 4.78 is 15.4. The zero-order valence-corrected chi connectivity index (χ0v) is 10.3. The highest BCUT2D eigenvalue weighted by molar-refractivity contribution is 5.70. The number of nitrogens with one attached hydrogen (secondary N) is 1. The molecule has 1 aliphatic rings. The Morgan fingerprint density at radius 1 is 1.33 bits per heavy atom. The Kier molecular flexibility index (Phi) is 3.72. The predicted molar refractivity (Wildman–Crippen MR) is 66.9 cm³/mol. The molecule has 1 N–H and O–H groups in total. The molecule has 1 fully saturated rings. The Balaban J connectivity index is 2.09. The first-order valence-electron chi connectivity index (χ1n) is 5.57. The lowest BCUT2D eigenvalue weighted by molar-refractivity contribution is 0.158. The van der Waals surface area contributed by atoms with Gasteiger partial charge in [0.25, 0.3) is 0 Å². The molecular weight excluding hydrogens is 234 g/mol. The number of hydrogen-bond acceptors (Lipinski definition) is 4. The van der Waals surface area contributed by atoms with Crippen molar-refractivity contribution >= 4 is 12.2 Å². The van der Waals surface area contributed by atoms with Gasteiger partial charge in [-0.05, 0) is 23.8 Å². The zero-order chi connectivity index (χ0) is 13.0. The summed E-state index contributed by atoms with van der Waals surface area (Å²) in [7, 11) is 3.19. The smallest absolute Gasteiger partial charge is 0.407 e. The maximum absolute atomic E-state index is 10.8. The Labute approximate surface area is 105 Å². The number of ether oxygens (including phenoxy) is 3. The molecule has 2 rings (SSSR count). The lowest BCUT2D eigenvalue weighted by Gasteiger charge is -2.07. The van der Waals surface area contributed by atoms with Crippen LogP contribution in [0.3, 0.4) is 0 Å². The van der Waals surface area contributed by atoms with Gasteiger partial charge in [-0.1, -0.05) is 12.1 Å². The summed E-state index contributed by atoms with van der Waals surface area (Å²) in [5, 5.41) is 2.59. The van der Waals surface area contributed by atoms with Crippen LogP contribution in [0.25, 0.3) is 6.08 Å². The number of carbonyl (C=O) groups is 1. The number of rotatable bonds is 4. The molecule has 1 aromatic rings. The maximum Gasteiger partial charge on any atom is 0.407 e. The van der Waals surface area contributed by atoms with Gasteiger partial charge in [-0.3, -0.25) is 0 Å². The van der Waals surface area contributed by atoms with Gasteiger partial charge in [0.2, 0.25) is 0 Å². The molecule has 0 spiro atoms. The number of benzene rings is 1. The number of methoxy groups -OCH3 is 2. The second-order valence-corrected chi connectivity index (χ2v) is 3.80. The van der Waals surface area contributed by atoms with Crippen molar-refractivity contribution in [3.8, 4) is 11.5 Å². The van der Waals surface area contributed by atoms with E-state index >= 15 is 0 Å². The van der Waals surface area contributed by atoms with Crippen LogP contribution in [0.1, 0.15) is 5.56 Å². The minimum atomic E-state index is -0.378. The Morgan fingerprint density at radius 3 is 2.72 bits per heavy atom. The Hall–Kier alpha value is -2.17. The molecule has 0 aliphatic carbocycles. The Morgan fingerprint density at radius 2 is 2.11 bits per heavy atom. The van der Waals surface area contributed by atoms with Crippen molar-refractivity contribution in [2.75, 3.05) is 20.8 Å². The summed E-state index contributed by atoms with van der Waals surface area (Å²) in [6.07, 6.45) is 3.12. The molecule has 1 amide bonds. The first-order valence-corrected chi connectivity index (χ1v) is 5.57. The number of cyclic esters (lactones) is 1. The molecule has 0 bridgehead atoms. The van der Waals surface area contributed by atoms with Crippen molar-refractivity contribution < 1.29 is 19.0 Å². The van der Waals surface area contributed by atoms with Crippen LogP contribution in [0.15, 0.2) is 24.3 Å². The van der Waals surface area contributed by atoms with Crippen LogP contribution in [0.4, 0.5) is 4.79 Å². The van der Waals surface area contributed by atoms with E-state index < -0.39 is 0 Å². The standard InChI is InChI=1S/C13H15NO4/c1-16-11-6-4-9(7-12(11)17-2)3-5-10-8-14-13(15)18-10/h3-7,10H,8H2,1-2H3,(H,14,15)/b5-3+. The van der Waals surface area contributed by atoms with Crippen molar-refractivity contribution in [2.24, 2.45) is 0 Å². The van der Waals surface area contributed by atoms with E-state index in [0.29, 0.717) is 18.0 Å². The molecule has 18 heavy (non-hydrogen) atoms. The Bertz CT molecular complexity index is 470. The van der Waals surface area contributed by atoms with E-state index in [1.165, 1.54) is 0 Å². The third kappa shape index (κ3) is 2.74. The molecule has 0 aromatic heterocycles. The van der Waals surface area contributed by atoms with Gasteiger partial charge in [0.15, 0.2) is 11.5 Å². The largest absolute Gasteiger partial charge is 0.493 e. The van der Waals surface area contributed by atoms with Gasteiger partial charge in [0.05, 0.1) is 20.8 Å². The minimum absolute atomic E-state index is 0.217. The highest BCUT2D eigenvalue weighted by atomic mass is 16.6.